The molecule has 0 radical (unpaired) electrons. The first kappa shape index (κ1) is 29.7. The fourth-order valence-electron chi connectivity index (χ4n) is 4.12. The van der Waals surface area contributed by atoms with E-state index >= 15 is 0 Å². The molecule has 0 spiro atoms. The number of nitrogens with zero attached hydrogens (tertiary/aromatic N) is 1. The van der Waals surface area contributed by atoms with Crippen LogP contribution in [0.2, 0.25) is 0 Å². The zero-order chi connectivity index (χ0) is 28.1. The van der Waals surface area contributed by atoms with Crippen molar-refractivity contribution in [2.45, 2.75) is 85.5 Å². The maximum Gasteiger partial charge on any atom is 0.408 e. The normalized spacial score (nSPS) is 13.2. The molecule has 2 rings (SSSR count). The summed E-state index contributed by atoms with van der Waals surface area (Å²) in [7, 11) is 1.57. The molecule has 0 bridgehead atoms. The molecule has 2 N–H and O–H groups in total. The van der Waals surface area contributed by atoms with Crippen LogP contribution in [0, 0.1) is 13.8 Å². The Kier molecular flexibility index (Phi) is 9.36. The molecule has 0 aliphatic heterocycles. The van der Waals surface area contributed by atoms with Crippen molar-refractivity contribution in [2.75, 3.05) is 12.4 Å². The van der Waals surface area contributed by atoms with Gasteiger partial charge in [0, 0.05) is 11.2 Å². The number of carbonyl (C=O) groups is 3. The highest BCUT2D eigenvalue weighted by molar-refractivity contribution is 5.99. The Morgan fingerprint density at radius 3 is 1.89 bits per heavy atom. The molecular weight excluding hydrogens is 470 g/mol. The molecule has 3 amide bonds. The van der Waals surface area contributed by atoms with Gasteiger partial charge in [0.05, 0.1) is 7.11 Å². The number of carbonyl (C=O) groups excluding carboxylic acids is 3. The summed E-state index contributed by atoms with van der Waals surface area (Å²) in [5, 5.41) is 5.59. The molecule has 2 atom stereocenters. The summed E-state index contributed by atoms with van der Waals surface area (Å²) in [5.41, 5.74) is 1.59. The molecule has 37 heavy (non-hydrogen) atoms. The van der Waals surface area contributed by atoms with Crippen molar-refractivity contribution < 1.29 is 23.9 Å². The van der Waals surface area contributed by atoms with Crippen LogP contribution in [-0.4, -0.2) is 47.1 Å². The van der Waals surface area contributed by atoms with E-state index in [1.54, 1.807) is 64.0 Å². The second-order valence-corrected chi connectivity index (χ2v) is 11.2. The molecule has 0 heterocycles. The third-order valence-electron chi connectivity index (χ3n) is 5.74. The summed E-state index contributed by atoms with van der Waals surface area (Å²) in [5.74, 6) is -0.107. The number of amides is 3. The molecule has 0 fully saturated rings. The molecule has 2 aromatic carbocycles. The molecular formula is C29H41N3O5. The van der Waals surface area contributed by atoms with Gasteiger partial charge in [0.2, 0.25) is 5.91 Å². The molecule has 2 unspecified atom stereocenters. The first-order valence-corrected chi connectivity index (χ1v) is 12.4. The Labute approximate surface area is 220 Å². The zero-order valence-electron chi connectivity index (χ0n) is 23.7. The van der Waals surface area contributed by atoms with E-state index in [9.17, 15) is 14.4 Å². The molecule has 8 heteroatoms. The summed E-state index contributed by atoms with van der Waals surface area (Å²) in [6, 6.07) is 10.9. The van der Waals surface area contributed by atoms with Crippen LogP contribution in [0.4, 0.5) is 10.5 Å². The van der Waals surface area contributed by atoms with E-state index in [4.69, 9.17) is 9.47 Å². The molecule has 0 aliphatic rings. The smallest absolute Gasteiger partial charge is 0.408 e. The van der Waals surface area contributed by atoms with E-state index in [-0.39, 0.29) is 5.91 Å². The number of alkyl carbamates (subject to hydrolysis) is 1. The van der Waals surface area contributed by atoms with Gasteiger partial charge in [-0.1, -0.05) is 18.2 Å². The number of hydrogen-bond acceptors (Lipinski definition) is 5. The predicted octanol–water partition coefficient (Wildman–Crippen LogP) is 5.53. The summed E-state index contributed by atoms with van der Waals surface area (Å²) in [4.78, 5) is 41.8. The maximum atomic E-state index is 13.9. The monoisotopic (exact) mass is 511 g/mol. The lowest BCUT2D eigenvalue weighted by Gasteiger charge is -2.43. The van der Waals surface area contributed by atoms with Crippen LogP contribution in [-0.2, 0) is 14.3 Å². The van der Waals surface area contributed by atoms with Crippen LogP contribution < -0.4 is 15.4 Å². The van der Waals surface area contributed by atoms with Gasteiger partial charge in [-0.15, -0.1) is 0 Å². The van der Waals surface area contributed by atoms with E-state index in [0.717, 1.165) is 16.7 Å². The molecule has 0 aliphatic carbocycles. The van der Waals surface area contributed by atoms with Gasteiger partial charge >= 0.3 is 6.09 Å². The van der Waals surface area contributed by atoms with Crippen molar-refractivity contribution in [3.8, 4) is 5.75 Å². The lowest BCUT2D eigenvalue weighted by atomic mass is 9.90. The highest BCUT2D eigenvalue weighted by Crippen LogP contribution is 2.34. The third kappa shape index (κ3) is 7.97. The summed E-state index contributed by atoms with van der Waals surface area (Å²) < 4.78 is 10.6. The van der Waals surface area contributed by atoms with Crippen LogP contribution in [0.25, 0.3) is 0 Å². The van der Waals surface area contributed by atoms with Crippen molar-refractivity contribution in [2.24, 2.45) is 0 Å². The fraction of sp³-hybridized carbons (Fsp3) is 0.483. The first-order chi connectivity index (χ1) is 17.0. The van der Waals surface area contributed by atoms with Crippen molar-refractivity contribution in [1.82, 2.24) is 10.2 Å². The largest absolute Gasteiger partial charge is 0.497 e. The minimum absolute atomic E-state index is 0.365. The van der Waals surface area contributed by atoms with Crippen LogP contribution in [0.15, 0.2) is 42.5 Å². The Bertz CT molecular complexity index is 1090. The standard InChI is InChI=1S/C29H41N3O5/c1-18-12-11-13-19(2)23(18)24(25(33)31-21-14-16-22(36-10)17-15-21)32(28(4,5)6)26(34)20(3)30-27(35)37-29(7,8)9/h11-17,20,24H,1-10H3,(H,30,35)(H,31,33). The van der Waals surface area contributed by atoms with Crippen LogP contribution in [0.3, 0.4) is 0 Å². The van der Waals surface area contributed by atoms with Gasteiger partial charge in [0.25, 0.3) is 5.91 Å². The lowest BCUT2D eigenvalue weighted by molar-refractivity contribution is -0.146. The second-order valence-electron chi connectivity index (χ2n) is 11.2. The van der Waals surface area contributed by atoms with Crippen molar-refractivity contribution in [3.05, 3.63) is 59.2 Å². The van der Waals surface area contributed by atoms with Crippen molar-refractivity contribution in [1.29, 1.82) is 0 Å². The SMILES string of the molecule is COc1ccc(NC(=O)C(c2c(C)cccc2C)N(C(=O)C(C)NC(=O)OC(C)(C)C)C(C)(C)C)cc1. The van der Waals surface area contributed by atoms with E-state index in [1.165, 1.54) is 0 Å². The second kappa shape index (κ2) is 11.7. The average molecular weight is 512 g/mol. The number of anilines is 1. The van der Waals surface area contributed by atoms with Gasteiger partial charge in [-0.05, 0) is 103 Å². The number of nitrogens with one attached hydrogen (secondary N) is 2. The van der Waals surface area contributed by atoms with Gasteiger partial charge in [-0.3, -0.25) is 9.59 Å². The fourth-order valence-corrected chi connectivity index (χ4v) is 4.12. The average Bonchev–Trinajstić information content (AvgIpc) is 2.76. The molecule has 8 nitrogen and oxygen atoms in total. The highest BCUT2D eigenvalue weighted by atomic mass is 16.6. The van der Waals surface area contributed by atoms with Gasteiger partial charge < -0.3 is 25.0 Å². The lowest BCUT2D eigenvalue weighted by Crippen LogP contribution is -2.57. The van der Waals surface area contributed by atoms with Crippen molar-refractivity contribution >= 4 is 23.6 Å². The molecule has 2 aromatic rings. The maximum absolute atomic E-state index is 13.9. The topological polar surface area (TPSA) is 97.0 Å². The van der Waals surface area contributed by atoms with Crippen LogP contribution in [0.5, 0.6) is 5.75 Å². The number of rotatable bonds is 7. The summed E-state index contributed by atoms with van der Waals surface area (Å²) in [6.45, 7) is 16.3. The number of benzene rings is 2. The number of ether oxygens (including phenoxy) is 2. The van der Waals surface area contributed by atoms with Crippen LogP contribution >= 0.6 is 0 Å². The minimum atomic E-state index is -0.960. The van der Waals surface area contributed by atoms with Crippen LogP contribution in [0.1, 0.15) is 71.2 Å². The van der Waals surface area contributed by atoms with Gasteiger partial charge in [-0.2, -0.15) is 0 Å². The van der Waals surface area contributed by atoms with E-state index < -0.39 is 35.2 Å². The Balaban J connectivity index is 2.54. The Hall–Kier alpha value is -3.55. The quantitative estimate of drug-likeness (QED) is 0.509. The van der Waals surface area contributed by atoms with Gasteiger partial charge in [-0.25, -0.2) is 4.79 Å². The zero-order valence-corrected chi connectivity index (χ0v) is 23.7. The molecule has 0 aromatic heterocycles. The number of hydrogen-bond donors (Lipinski definition) is 2. The molecule has 202 valence electrons. The van der Waals surface area contributed by atoms with Gasteiger partial charge in [0.1, 0.15) is 23.4 Å². The Morgan fingerprint density at radius 2 is 1.43 bits per heavy atom. The first-order valence-electron chi connectivity index (χ1n) is 12.4. The Morgan fingerprint density at radius 1 is 0.892 bits per heavy atom. The third-order valence-corrected chi connectivity index (χ3v) is 5.74. The van der Waals surface area contributed by atoms with E-state index in [1.807, 2.05) is 52.8 Å². The van der Waals surface area contributed by atoms with E-state index in [0.29, 0.717) is 11.4 Å². The summed E-state index contributed by atoms with van der Waals surface area (Å²) in [6.07, 6.45) is -0.700. The number of aryl methyl sites for hydroxylation is 2. The number of methoxy groups -OCH3 is 1. The predicted molar refractivity (Wildman–Crippen MR) is 146 cm³/mol. The van der Waals surface area contributed by atoms with Gasteiger partial charge in [0.15, 0.2) is 0 Å². The minimum Gasteiger partial charge on any atom is -0.497 e. The molecule has 0 saturated heterocycles. The van der Waals surface area contributed by atoms with E-state index in [2.05, 4.69) is 10.6 Å². The summed E-state index contributed by atoms with van der Waals surface area (Å²) >= 11 is 0. The highest BCUT2D eigenvalue weighted by Gasteiger charge is 2.41. The molecule has 0 saturated carbocycles. The van der Waals surface area contributed by atoms with Crippen molar-refractivity contribution in [3.63, 3.8) is 0 Å².